The number of rotatable bonds is 5. The van der Waals surface area contributed by atoms with Gasteiger partial charge in [0.25, 0.3) is 5.91 Å². The van der Waals surface area contributed by atoms with Gasteiger partial charge >= 0.3 is 0 Å². The van der Waals surface area contributed by atoms with Crippen LogP contribution in [-0.4, -0.2) is 42.7 Å². The Kier molecular flexibility index (Phi) is 4.68. The summed E-state index contributed by atoms with van der Waals surface area (Å²) in [5, 5.41) is 28.8. The van der Waals surface area contributed by atoms with E-state index in [1.54, 1.807) is 36.4 Å². The summed E-state index contributed by atoms with van der Waals surface area (Å²) in [5.41, 5.74) is 7.99. The van der Waals surface area contributed by atoms with Crippen molar-refractivity contribution in [3.8, 4) is 5.69 Å². The fourth-order valence-corrected chi connectivity index (χ4v) is 2.87. The van der Waals surface area contributed by atoms with Gasteiger partial charge in [-0.05, 0) is 35.9 Å². The first-order chi connectivity index (χ1) is 13.5. The molecule has 0 aliphatic heterocycles. The van der Waals surface area contributed by atoms with E-state index in [0.717, 1.165) is 10.9 Å². The molecule has 0 bridgehead atoms. The second kappa shape index (κ2) is 7.29. The van der Waals surface area contributed by atoms with Crippen molar-refractivity contribution in [2.24, 2.45) is 0 Å². The summed E-state index contributed by atoms with van der Waals surface area (Å²) in [4.78, 5) is 12.3. The monoisotopic (exact) mass is 397 g/mol. The molecule has 0 fully saturated rings. The minimum absolute atomic E-state index is 0.0344. The summed E-state index contributed by atoms with van der Waals surface area (Å²) in [7, 11) is 0. The van der Waals surface area contributed by atoms with Crippen LogP contribution in [0.25, 0.3) is 16.6 Å². The minimum Gasteiger partial charge on any atom is -0.387 e. The lowest BCUT2D eigenvalue weighted by atomic mass is 10.1. The fourth-order valence-electron chi connectivity index (χ4n) is 2.75. The molecule has 10 heteroatoms. The lowest BCUT2D eigenvalue weighted by molar-refractivity contribution is 0.0911. The molecule has 0 radical (unpaired) electrons. The highest BCUT2D eigenvalue weighted by molar-refractivity contribution is 6.30. The van der Waals surface area contributed by atoms with E-state index in [9.17, 15) is 9.90 Å². The number of hydrogen-bond acceptors (Lipinski definition) is 6. The first-order valence-corrected chi connectivity index (χ1v) is 8.77. The Balaban J connectivity index is 1.44. The zero-order valence-electron chi connectivity index (χ0n) is 14.5. The lowest BCUT2D eigenvalue weighted by Crippen LogP contribution is -2.28. The number of nitrogens with one attached hydrogen (secondary N) is 2. The Morgan fingerprint density at radius 2 is 2.07 bits per heavy atom. The third kappa shape index (κ3) is 3.53. The average Bonchev–Trinajstić information content (AvgIpc) is 3.34. The van der Waals surface area contributed by atoms with E-state index in [4.69, 9.17) is 17.3 Å². The number of anilines is 1. The number of aromatic amines is 1. The van der Waals surface area contributed by atoms with E-state index in [1.807, 2.05) is 6.07 Å². The minimum atomic E-state index is -0.857. The van der Waals surface area contributed by atoms with Crippen LogP contribution in [0, 0.1) is 0 Å². The van der Waals surface area contributed by atoms with E-state index in [1.165, 1.54) is 10.9 Å². The summed E-state index contributed by atoms with van der Waals surface area (Å²) >= 11 is 5.83. The largest absolute Gasteiger partial charge is 0.387 e. The molecule has 4 aromatic rings. The molecule has 0 spiro atoms. The number of aliphatic hydroxyl groups excluding tert-OH is 1. The number of fused-ring (bicyclic) bond motifs is 1. The van der Waals surface area contributed by atoms with Gasteiger partial charge in [0.05, 0.1) is 23.5 Å². The van der Waals surface area contributed by atoms with Gasteiger partial charge in [0.15, 0.2) is 11.5 Å². The first-order valence-electron chi connectivity index (χ1n) is 8.39. The predicted octanol–water partition coefficient (Wildman–Crippen LogP) is 1.84. The highest BCUT2D eigenvalue weighted by Gasteiger charge is 2.15. The molecule has 5 N–H and O–H groups in total. The van der Waals surface area contributed by atoms with Gasteiger partial charge in [-0.1, -0.05) is 28.9 Å². The molecular weight excluding hydrogens is 382 g/mol. The zero-order chi connectivity index (χ0) is 19.7. The number of nitrogens with two attached hydrogens (primary N) is 1. The second-order valence-electron chi connectivity index (χ2n) is 6.16. The first kappa shape index (κ1) is 18.0. The Labute approximate surface area is 164 Å². The van der Waals surface area contributed by atoms with E-state index in [-0.39, 0.29) is 12.2 Å². The summed E-state index contributed by atoms with van der Waals surface area (Å²) in [5.74, 6) is -0.0226. The Bertz CT molecular complexity index is 1140. The molecule has 0 saturated heterocycles. The third-order valence-electron chi connectivity index (χ3n) is 4.28. The molecule has 9 nitrogen and oxygen atoms in total. The van der Waals surface area contributed by atoms with E-state index >= 15 is 0 Å². The van der Waals surface area contributed by atoms with Crippen molar-refractivity contribution in [3.05, 3.63) is 64.9 Å². The maximum Gasteiger partial charge on any atom is 0.273 e. The summed E-state index contributed by atoms with van der Waals surface area (Å²) < 4.78 is 1.47. The van der Waals surface area contributed by atoms with Gasteiger partial charge in [-0.3, -0.25) is 9.89 Å². The van der Waals surface area contributed by atoms with Crippen LogP contribution in [0.1, 0.15) is 22.2 Å². The molecule has 28 heavy (non-hydrogen) atoms. The number of H-pyrrole nitrogens is 1. The standard InChI is InChI=1S/C18H16ClN7O2/c19-11-3-1-10(2-4-11)16(27)8-21-18(28)15-9-26(25-23-15)12-5-6-13-14(7-12)22-24-17(13)20/h1-7,9,16,27H,8H2,(H,21,28)(H3,20,22,24). The van der Waals surface area contributed by atoms with Crippen molar-refractivity contribution < 1.29 is 9.90 Å². The Morgan fingerprint density at radius 3 is 2.86 bits per heavy atom. The number of hydrogen-bond donors (Lipinski definition) is 4. The van der Waals surface area contributed by atoms with Crippen LogP contribution in [-0.2, 0) is 0 Å². The van der Waals surface area contributed by atoms with E-state index in [0.29, 0.717) is 22.1 Å². The molecule has 0 aliphatic rings. The molecule has 0 saturated carbocycles. The summed E-state index contributed by atoms with van der Waals surface area (Å²) in [6, 6.07) is 12.2. The molecule has 1 amide bonds. The van der Waals surface area contributed by atoms with Crippen LogP contribution in [0.4, 0.5) is 5.82 Å². The molecule has 2 aromatic carbocycles. The van der Waals surface area contributed by atoms with Gasteiger partial charge < -0.3 is 16.2 Å². The smallest absolute Gasteiger partial charge is 0.273 e. The zero-order valence-corrected chi connectivity index (χ0v) is 15.3. The third-order valence-corrected chi connectivity index (χ3v) is 4.53. The van der Waals surface area contributed by atoms with Crippen molar-refractivity contribution in [2.45, 2.75) is 6.10 Å². The van der Waals surface area contributed by atoms with Crippen LogP contribution in [0.15, 0.2) is 48.7 Å². The maximum absolute atomic E-state index is 12.3. The molecular formula is C18H16ClN7O2. The molecule has 4 rings (SSSR count). The number of aromatic nitrogens is 5. The molecule has 2 aromatic heterocycles. The molecule has 1 atom stereocenters. The van der Waals surface area contributed by atoms with Gasteiger partial charge in [-0.15, -0.1) is 5.10 Å². The van der Waals surface area contributed by atoms with Crippen molar-refractivity contribution in [1.29, 1.82) is 0 Å². The van der Waals surface area contributed by atoms with E-state index < -0.39 is 12.0 Å². The number of carbonyl (C=O) groups excluding carboxylic acids is 1. The van der Waals surface area contributed by atoms with Gasteiger partial charge in [0.1, 0.15) is 0 Å². The quantitative estimate of drug-likeness (QED) is 0.406. The van der Waals surface area contributed by atoms with Crippen molar-refractivity contribution >= 4 is 34.2 Å². The number of halogens is 1. The van der Waals surface area contributed by atoms with Gasteiger partial charge in [0, 0.05) is 17.0 Å². The van der Waals surface area contributed by atoms with Crippen molar-refractivity contribution in [1.82, 2.24) is 30.5 Å². The van der Waals surface area contributed by atoms with Crippen LogP contribution in [0.3, 0.4) is 0 Å². The van der Waals surface area contributed by atoms with Crippen LogP contribution in [0.5, 0.6) is 0 Å². The maximum atomic E-state index is 12.3. The predicted molar refractivity (Wildman–Crippen MR) is 104 cm³/mol. The van der Waals surface area contributed by atoms with Crippen LogP contribution < -0.4 is 11.1 Å². The number of aliphatic hydroxyl groups is 1. The number of amides is 1. The SMILES string of the molecule is Nc1n[nH]c2cc(-n3cc(C(=O)NCC(O)c4ccc(Cl)cc4)nn3)ccc12. The number of nitrogen functional groups attached to an aromatic ring is 1. The number of carbonyl (C=O) groups is 1. The normalized spacial score (nSPS) is 12.2. The van der Waals surface area contributed by atoms with Gasteiger partial charge in [0.2, 0.25) is 0 Å². The van der Waals surface area contributed by atoms with Crippen molar-refractivity contribution in [3.63, 3.8) is 0 Å². The highest BCUT2D eigenvalue weighted by Crippen LogP contribution is 2.20. The van der Waals surface area contributed by atoms with Gasteiger partial charge in [-0.25, -0.2) is 4.68 Å². The molecule has 0 aliphatic carbocycles. The summed E-state index contributed by atoms with van der Waals surface area (Å²) in [6.45, 7) is 0.0344. The van der Waals surface area contributed by atoms with Crippen LogP contribution >= 0.6 is 11.6 Å². The molecule has 1 unspecified atom stereocenters. The Morgan fingerprint density at radius 1 is 1.29 bits per heavy atom. The average molecular weight is 398 g/mol. The number of benzene rings is 2. The van der Waals surface area contributed by atoms with E-state index in [2.05, 4.69) is 25.8 Å². The lowest BCUT2D eigenvalue weighted by Gasteiger charge is -2.11. The number of nitrogens with zero attached hydrogens (tertiary/aromatic N) is 4. The highest BCUT2D eigenvalue weighted by atomic mass is 35.5. The molecule has 2 heterocycles. The van der Waals surface area contributed by atoms with Gasteiger partial charge in [-0.2, -0.15) is 5.10 Å². The molecule has 142 valence electrons. The Hall–Kier alpha value is -3.43. The summed E-state index contributed by atoms with van der Waals surface area (Å²) in [6.07, 6.45) is 0.648. The van der Waals surface area contributed by atoms with Crippen molar-refractivity contribution in [2.75, 3.05) is 12.3 Å². The van der Waals surface area contributed by atoms with Crippen LogP contribution in [0.2, 0.25) is 5.02 Å². The second-order valence-corrected chi connectivity index (χ2v) is 6.60. The topological polar surface area (TPSA) is 135 Å². The fraction of sp³-hybridized carbons (Fsp3) is 0.111.